The minimum Gasteiger partial charge on any atom is -0.493 e. The maximum absolute atomic E-state index is 5.29. The summed E-state index contributed by atoms with van der Waals surface area (Å²) in [7, 11) is 3.20. The quantitative estimate of drug-likeness (QED) is 0.531. The zero-order valence-corrected chi connectivity index (χ0v) is 14.6. The summed E-state index contributed by atoms with van der Waals surface area (Å²) in [5, 5.41) is 3.61. The van der Waals surface area contributed by atoms with Crippen molar-refractivity contribution in [1.82, 2.24) is 16.2 Å². The minimum absolute atomic E-state index is 0.487. The third kappa shape index (κ3) is 4.89. The van der Waals surface area contributed by atoms with E-state index in [0.717, 1.165) is 11.1 Å². The van der Waals surface area contributed by atoms with Crippen LogP contribution in [0, 0.1) is 0 Å². The van der Waals surface area contributed by atoms with Gasteiger partial charge < -0.3 is 14.8 Å². The fourth-order valence-corrected chi connectivity index (χ4v) is 2.17. The fourth-order valence-electron chi connectivity index (χ4n) is 2.05. The van der Waals surface area contributed by atoms with Crippen LogP contribution >= 0.6 is 12.2 Å². The number of hydrogen-bond donors (Lipinski definition) is 3. The summed E-state index contributed by atoms with van der Waals surface area (Å²) in [5.74, 6) is 1.31. The Morgan fingerprint density at radius 2 is 1.71 bits per heavy atom. The standard InChI is InChI=1S/C18H21N3O2S/c1-13(15-9-10-16(22-2)17(11-15)23-3)20-21-18(24)19-12-14-7-5-4-6-8-14/h4-11,20H,1,12H2,2-3H3,(H2,19,21,24). The normalized spacial score (nSPS) is 9.75. The average Bonchev–Trinajstić information content (AvgIpc) is 2.64. The molecule has 0 aromatic heterocycles. The van der Waals surface area contributed by atoms with Crippen molar-refractivity contribution >= 4 is 23.0 Å². The van der Waals surface area contributed by atoms with Gasteiger partial charge in [-0.05, 0) is 36.0 Å². The molecule has 6 heteroatoms. The van der Waals surface area contributed by atoms with Gasteiger partial charge >= 0.3 is 0 Å². The van der Waals surface area contributed by atoms with Crippen LogP contribution in [0.5, 0.6) is 11.5 Å². The molecule has 126 valence electrons. The summed E-state index contributed by atoms with van der Waals surface area (Å²) in [6.07, 6.45) is 0. The molecule has 5 nitrogen and oxygen atoms in total. The van der Waals surface area contributed by atoms with Crippen LogP contribution in [0.15, 0.2) is 55.1 Å². The van der Waals surface area contributed by atoms with E-state index < -0.39 is 0 Å². The van der Waals surface area contributed by atoms with Crippen molar-refractivity contribution in [1.29, 1.82) is 0 Å². The fraction of sp³-hybridized carbons (Fsp3) is 0.167. The summed E-state index contributed by atoms with van der Waals surface area (Å²) >= 11 is 5.24. The van der Waals surface area contributed by atoms with Crippen molar-refractivity contribution < 1.29 is 9.47 Å². The van der Waals surface area contributed by atoms with Gasteiger partial charge in [-0.15, -0.1) is 0 Å². The van der Waals surface area contributed by atoms with Crippen molar-refractivity contribution in [2.45, 2.75) is 6.54 Å². The Bertz CT molecular complexity index is 705. The van der Waals surface area contributed by atoms with Gasteiger partial charge in [0.15, 0.2) is 16.6 Å². The molecule has 0 radical (unpaired) electrons. The van der Waals surface area contributed by atoms with E-state index in [0.29, 0.717) is 28.9 Å². The number of methoxy groups -OCH3 is 2. The molecule has 0 atom stereocenters. The van der Waals surface area contributed by atoms with E-state index in [1.54, 1.807) is 14.2 Å². The molecule has 0 aliphatic heterocycles. The minimum atomic E-state index is 0.487. The lowest BCUT2D eigenvalue weighted by Gasteiger charge is -2.15. The van der Waals surface area contributed by atoms with Crippen molar-refractivity contribution in [3.63, 3.8) is 0 Å². The van der Waals surface area contributed by atoms with Crippen LogP contribution in [0.2, 0.25) is 0 Å². The van der Waals surface area contributed by atoms with Gasteiger partial charge in [-0.3, -0.25) is 10.9 Å². The first-order valence-corrected chi connectivity index (χ1v) is 7.80. The molecule has 0 fully saturated rings. The number of hydrogen-bond acceptors (Lipinski definition) is 4. The molecule has 0 unspecified atom stereocenters. The highest BCUT2D eigenvalue weighted by atomic mass is 32.1. The maximum Gasteiger partial charge on any atom is 0.185 e. The van der Waals surface area contributed by atoms with Crippen LogP contribution in [0.4, 0.5) is 0 Å². The molecule has 24 heavy (non-hydrogen) atoms. The Labute approximate surface area is 147 Å². The Morgan fingerprint density at radius 1 is 1.00 bits per heavy atom. The molecule has 0 saturated carbocycles. The van der Waals surface area contributed by atoms with Gasteiger partial charge in [-0.1, -0.05) is 36.9 Å². The Kier molecular flexibility index (Phi) is 6.45. The molecule has 2 aromatic rings. The van der Waals surface area contributed by atoms with Crippen LogP contribution < -0.4 is 25.6 Å². The van der Waals surface area contributed by atoms with Gasteiger partial charge in [0.25, 0.3) is 0 Å². The summed E-state index contributed by atoms with van der Waals surface area (Å²) in [6, 6.07) is 15.6. The first kappa shape index (κ1) is 17.6. The van der Waals surface area contributed by atoms with Crippen LogP contribution in [0.3, 0.4) is 0 Å². The number of ether oxygens (including phenoxy) is 2. The van der Waals surface area contributed by atoms with E-state index >= 15 is 0 Å². The molecule has 0 aliphatic carbocycles. The lowest BCUT2D eigenvalue weighted by Crippen LogP contribution is -2.42. The van der Waals surface area contributed by atoms with Crippen LogP contribution in [-0.4, -0.2) is 19.3 Å². The Morgan fingerprint density at radius 3 is 2.38 bits per heavy atom. The zero-order valence-electron chi connectivity index (χ0n) is 13.8. The monoisotopic (exact) mass is 343 g/mol. The molecule has 2 rings (SSSR count). The van der Waals surface area contributed by atoms with Crippen molar-refractivity contribution in [2.75, 3.05) is 14.2 Å². The van der Waals surface area contributed by atoms with Gasteiger partial charge in [0.2, 0.25) is 0 Å². The van der Waals surface area contributed by atoms with Crippen LogP contribution in [0.25, 0.3) is 5.70 Å². The van der Waals surface area contributed by atoms with E-state index in [9.17, 15) is 0 Å². The molecular formula is C18H21N3O2S. The van der Waals surface area contributed by atoms with E-state index in [1.807, 2.05) is 48.5 Å². The topological polar surface area (TPSA) is 54.5 Å². The summed E-state index contributed by atoms with van der Waals surface area (Å²) in [4.78, 5) is 0. The predicted molar refractivity (Wildman–Crippen MR) is 101 cm³/mol. The summed E-state index contributed by atoms with van der Waals surface area (Å²) in [5.41, 5.74) is 8.58. The Balaban J connectivity index is 1.85. The van der Waals surface area contributed by atoms with E-state index in [4.69, 9.17) is 21.7 Å². The Hall–Kier alpha value is -2.73. The smallest absolute Gasteiger partial charge is 0.185 e. The van der Waals surface area contributed by atoms with E-state index in [1.165, 1.54) is 0 Å². The SMILES string of the molecule is C=C(NNC(=S)NCc1ccccc1)c1ccc(OC)c(OC)c1. The highest BCUT2D eigenvalue weighted by Gasteiger charge is 2.07. The highest BCUT2D eigenvalue weighted by molar-refractivity contribution is 7.80. The summed E-state index contributed by atoms with van der Waals surface area (Å²) in [6.45, 7) is 4.64. The van der Waals surface area contributed by atoms with E-state index in [-0.39, 0.29) is 0 Å². The first-order valence-electron chi connectivity index (χ1n) is 7.39. The molecule has 0 heterocycles. The molecule has 3 N–H and O–H groups in total. The average molecular weight is 343 g/mol. The molecule has 0 amide bonds. The molecule has 0 spiro atoms. The number of nitrogens with one attached hydrogen (secondary N) is 3. The summed E-state index contributed by atoms with van der Waals surface area (Å²) < 4.78 is 10.5. The third-order valence-corrected chi connectivity index (χ3v) is 3.60. The van der Waals surface area contributed by atoms with Gasteiger partial charge in [-0.2, -0.15) is 0 Å². The van der Waals surface area contributed by atoms with Gasteiger partial charge in [-0.25, -0.2) is 0 Å². The number of hydrazine groups is 1. The third-order valence-electron chi connectivity index (χ3n) is 3.35. The van der Waals surface area contributed by atoms with Gasteiger partial charge in [0.05, 0.1) is 19.9 Å². The number of thiocarbonyl (C=S) groups is 1. The van der Waals surface area contributed by atoms with Gasteiger partial charge in [0, 0.05) is 12.1 Å². The number of benzene rings is 2. The van der Waals surface area contributed by atoms with Gasteiger partial charge in [0.1, 0.15) is 0 Å². The zero-order chi connectivity index (χ0) is 17.4. The van der Waals surface area contributed by atoms with Crippen molar-refractivity contribution in [3.8, 4) is 11.5 Å². The predicted octanol–water partition coefficient (Wildman–Crippen LogP) is 2.84. The number of rotatable bonds is 7. The first-order chi connectivity index (χ1) is 11.6. The lowest BCUT2D eigenvalue weighted by atomic mass is 10.1. The lowest BCUT2D eigenvalue weighted by molar-refractivity contribution is 0.355. The second-order valence-corrected chi connectivity index (χ2v) is 5.37. The van der Waals surface area contributed by atoms with Crippen LogP contribution in [0.1, 0.15) is 11.1 Å². The molecule has 0 aliphatic rings. The molecule has 0 bridgehead atoms. The molecule has 2 aromatic carbocycles. The molecule has 0 saturated heterocycles. The maximum atomic E-state index is 5.29. The molecular weight excluding hydrogens is 322 g/mol. The second kappa shape index (κ2) is 8.79. The second-order valence-electron chi connectivity index (χ2n) is 4.97. The highest BCUT2D eigenvalue weighted by Crippen LogP contribution is 2.29. The van der Waals surface area contributed by atoms with Crippen molar-refractivity contribution in [3.05, 3.63) is 66.2 Å². The van der Waals surface area contributed by atoms with Crippen LogP contribution in [-0.2, 0) is 6.54 Å². The largest absolute Gasteiger partial charge is 0.493 e. The van der Waals surface area contributed by atoms with E-state index in [2.05, 4.69) is 22.7 Å². The van der Waals surface area contributed by atoms with Crippen molar-refractivity contribution in [2.24, 2.45) is 0 Å².